The van der Waals surface area contributed by atoms with Gasteiger partial charge in [-0.15, -0.1) is 0 Å². The van der Waals surface area contributed by atoms with E-state index in [-0.39, 0.29) is 6.10 Å². The maximum Gasteiger partial charge on any atom is 0.199 e. The van der Waals surface area contributed by atoms with Gasteiger partial charge in [0.1, 0.15) is 6.61 Å². The summed E-state index contributed by atoms with van der Waals surface area (Å²) in [5.74, 6) is 2.16. The van der Waals surface area contributed by atoms with Crippen molar-refractivity contribution < 1.29 is 9.47 Å². The molecule has 0 amide bonds. The molecule has 2 aromatic carbocycles. The van der Waals surface area contributed by atoms with E-state index >= 15 is 0 Å². The molecule has 0 spiro atoms. The van der Waals surface area contributed by atoms with Crippen LogP contribution in [0.15, 0.2) is 54.6 Å². The van der Waals surface area contributed by atoms with E-state index in [9.17, 15) is 0 Å². The van der Waals surface area contributed by atoms with Gasteiger partial charge >= 0.3 is 0 Å². The molecule has 1 aromatic heterocycles. The lowest BCUT2D eigenvalue weighted by molar-refractivity contribution is 0.0837. The van der Waals surface area contributed by atoms with E-state index in [1.54, 1.807) is 0 Å². The van der Waals surface area contributed by atoms with Crippen LogP contribution in [0.4, 0.5) is 0 Å². The summed E-state index contributed by atoms with van der Waals surface area (Å²) < 4.78 is 14.2. The molecule has 0 saturated carbocycles. The first-order chi connectivity index (χ1) is 10.8. The van der Waals surface area contributed by atoms with Crippen molar-refractivity contribution in [1.29, 1.82) is 0 Å². The van der Waals surface area contributed by atoms with E-state index in [0.29, 0.717) is 23.0 Å². The number of ether oxygens (including phenoxy) is 2. The van der Waals surface area contributed by atoms with Crippen LogP contribution in [0.1, 0.15) is 11.9 Å². The summed E-state index contributed by atoms with van der Waals surface area (Å²) in [6.45, 7) is 0.392. The quantitative estimate of drug-likeness (QED) is 0.737. The molecule has 1 unspecified atom stereocenters. The number of nitrogens with zero attached hydrogens (tertiary/aromatic N) is 2. The van der Waals surface area contributed by atoms with Crippen LogP contribution in [0.2, 0.25) is 0 Å². The number of H-pyrrole nitrogens is 1. The molecule has 0 aliphatic carbocycles. The Kier molecular flexibility index (Phi) is 3.16. The van der Waals surface area contributed by atoms with Gasteiger partial charge in [0, 0.05) is 5.69 Å². The topological polar surface area (TPSA) is 52.1 Å². The highest BCUT2D eigenvalue weighted by atomic mass is 32.1. The van der Waals surface area contributed by atoms with Gasteiger partial charge in [0.25, 0.3) is 0 Å². The van der Waals surface area contributed by atoms with Gasteiger partial charge in [-0.05, 0) is 36.5 Å². The fourth-order valence-corrected chi connectivity index (χ4v) is 2.74. The van der Waals surface area contributed by atoms with Gasteiger partial charge in [-0.3, -0.25) is 9.67 Å². The number of benzene rings is 2. The number of fused-ring (bicyclic) bond motifs is 1. The van der Waals surface area contributed by atoms with E-state index in [1.165, 1.54) is 0 Å². The number of rotatable bonds is 2. The standard InChI is InChI=1S/C16H13N3O2S/c22-16-18-17-15(19(16)11-6-2-1-3-7-11)14-10-20-12-8-4-5-9-13(12)21-14/h1-9,14H,10H2,(H,18,22). The molecule has 3 aromatic rings. The molecule has 6 heteroatoms. The third-order valence-corrected chi connectivity index (χ3v) is 3.78. The van der Waals surface area contributed by atoms with Crippen LogP contribution in [0.5, 0.6) is 11.5 Å². The second-order valence-corrected chi connectivity index (χ2v) is 5.31. The Bertz CT molecular complexity index is 857. The molecule has 1 atom stereocenters. The first kappa shape index (κ1) is 13.1. The van der Waals surface area contributed by atoms with Gasteiger partial charge in [0.05, 0.1) is 0 Å². The normalized spacial score (nSPS) is 16.5. The smallest absolute Gasteiger partial charge is 0.199 e. The minimum atomic E-state index is -0.317. The zero-order chi connectivity index (χ0) is 14.9. The van der Waals surface area contributed by atoms with Crippen molar-refractivity contribution in [1.82, 2.24) is 14.8 Å². The Morgan fingerprint density at radius 2 is 1.77 bits per heavy atom. The summed E-state index contributed by atoms with van der Waals surface area (Å²) >= 11 is 5.35. The minimum absolute atomic E-state index is 0.317. The number of nitrogens with one attached hydrogen (secondary N) is 1. The van der Waals surface area contributed by atoms with Crippen molar-refractivity contribution in [2.45, 2.75) is 6.10 Å². The van der Waals surface area contributed by atoms with Gasteiger partial charge in [-0.25, -0.2) is 0 Å². The molecule has 2 heterocycles. The van der Waals surface area contributed by atoms with Crippen LogP contribution < -0.4 is 9.47 Å². The van der Waals surface area contributed by atoms with Crippen LogP contribution in [-0.2, 0) is 0 Å². The fraction of sp³-hybridized carbons (Fsp3) is 0.125. The summed E-state index contributed by atoms with van der Waals surface area (Å²) in [4.78, 5) is 0. The maximum absolute atomic E-state index is 6.02. The average molecular weight is 311 g/mol. The fourth-order valence-electron chi connectivity index (χ4n) is 2.50. The van der Waals surface area contributed by atoms with Gasteiger partial charge < -0.3 is 9.47 Å². The summed E-state index contributed by atoms with van der Waals surface area (Å²) in [5, 5.41) is 7.17. The molecule has 1 aliphatic heterocycles. The Morgan fingerprint density at radius 1 is 1.05 bits per heavy atom. The van der Waals surface area contributed by atoms with E-state index < -0.39 is 0 Å². The second-order valence-electron chi connectivity index (χ2n) is 4.92. The highest BCUT2D eigenvalue weighted by molar-refractivity contribution is 7.71. The predicted octanol–water partition coefficient (Wildman–Crippen LogP) is 3.44. The zero-order valence-electron chi connectivity index (χ0n) is 11.6. The average Bonchev–Trinajstić information content (AvgIpc) is 2.97. The summed E-state index contributed by atoms with van der Waals surface area (Å²) in [6, 6.07) is 17.4. The molecule has 0 saturated heterocycles. The zero-order valence-corrected chi connectivity index (χ0v) is 12.4. The second kappa shape index (κ2) is 5.31. The number of hydrogen-bond acceptors (Lipinski definition) is 4. The lowest BCUT2D eigenvalue weighted by Crippen LogP contribution is -2.24. The van der Waals surface area contributed by atoms with Gasteiger partial charge in [0.2, 0.25) is 0 Å². The summed E-state index contributed by atoms with van der Waals surface area (Å²) in [6.07, 6.45) is -0.317. The molecule has 110 valence electrons. The van der Waals surface area contributed by atoms with Crippen molar-refractivity contribution in [2.75, 3.05) is 6.61 Å². The molecule has 22 heavy (non-hydrogen) atoms. The molecule has 1 N–H and O–H groups in total. The molecule has 0 bridgehead atoms. The van der Waals surface area contributed by atoms with Crippen molar-refractivity contribution in [3.8, 4) is 17.2 Å². The molecule has 4 rings (SSSR count). The molecule has 1 aliphatic rings. The van der Waals surface area contributed by atoms with Crippen LogP contribution in [0.3, 0.4) is 0 Å². The third-order valence-electron chi connectivity index (χ3n) is 3.51. The lowest BCUT2D eigenvalue weighted by atomic mass is 10.2. The van der Waals surface area contributed by atoms with Crippen molar-refractivity contribution >= 4 is 12.2 Å². The number of aromatic amines is 1. The van der Waals surface area contributed by atoms with E-state index in [1.807, 2.05) is 59.2 Å². The summed E-state index contributed by atoms with van der Waals surface area (Å²) in [7, 11) is 0. The van der Waals surface area contributed by atoms with Gasteiger partial charge in [-0.1, -0.05) is 30.3 Å². The number of para-hydroxylation sites is 3. The van der Waals surface area contributed by atoms with Crippen LogP contribution in [-0.4, -0.2) is 21.4 Å². The first-order valence-electron chi connectivity index (χ1n) is 6.94. The lowest BCUT2D eigenvalue weighted by Gasteiger charge is -2.26. The maximum atomic E-state index is 6.02. The Balaban J connectivity index is 1.75. The van der Waals surface area contributed by atoms with Crippen LogP contribution >= 0.6 is 12.2 Å². The van der Waals surface area contributed by atoms with E-state index in [2.05, 4.69) is 10.2 Å². The van der Waals surface area contributed by atoms with Crippen molar-refractivity contribution in [2.24, 2.45) is 0 Å². The summed E-state index contributed by atoms with van der Waals surface area (Å²) in [5.41, 5.74) is 0.943. The van der Waals surface area contributed by atoms with Crippen molar-refractivity contribution in [3.63, 3.8) is 0 Å². The SMILES string of the molecule is S=c1[nH]nc(C2COc3ccccc3O2)n1-c1ccccc1. The van der Waals surface area contributed by atoms with Gasteiger partial charge in [-0.2, -0.15) is 5.10 Å². The van der Waals surface area contributed by atoms with E-state index in [0.717, 1.165) is 11.4 Å². The largest absolute Gasteiger partial charge is 0.485 e. The Hall–Kier alpha value is -2.60. The Morgan fingerprint density at radius 3 is 2.59 bits per heavy atom. The molecule has 5 nitrogen and oxygen atoms in total. The molecular weight excluding hydrogens is 298 g/mol. The Labute approximate surface area is 132 Å². The highest BCUT2D eigenvalue weighted by Crippen LogP contribution is 2.35. The predicted molar refractivity (Wildman–Crippen MR) is 84.1 cm³/mol. The molecule has 0 fully saturated rings. The molecule has 0 radical (unpaired) electrons. The number of hydrogen-bond donors (Lipinski definition) is 1. The monoisotopic (exact) mass is 311 g/mol. The molecular formula is C16H13N3O2S. The first-order valence-corrected chi connectivity index (χ1v) is 7.35. The highest BCUT2D eigenvalue weighted by Gasteiger charge is 2.27. The van der Waals surface area contributed by atoms with Crippen LogP contribution in [0, 0.1) is 4.77 Å². The van der Waals surface area contributed by atoms with Crippen molar-refractivity contribution in [3.05, 3.63) is 65.2 Å². The van der Waals surface area contributed by atoms with E-state index in [4.69, 9.17) is 21.7 Å². The third kappa shape index (κ3) is 2.17. The number of aromatic nitrogens is 3. The minimum Gasteiger partial charge on any atom is -0.485 e. The van der Waals surface area contributed by atoms with Crippen LogP contribution in [0.25, 0.3) is 5.69 Å². The van der Waals surface area contributed by atoms with Gasteiger partial charge in [0.15, 0.2) is 28.2 Å².